The molecular formula is C21H18F6N2. The standard InChI is InChI=1S/C21H18F6N2/c22-20(23,24)13-9-12(10-14(11-13)21(25,26)27)19-17(7-8-28-15-5-6-15)16-3-1-2-4-18(16)29-19/h1-4,9-11,15,28-29H,5-8H2. The molecule has 0 spiro atoms. The molecule has 2 N–H and O–H groups in total. The van der Waals surface area contributed by atoms with E-state index >= 15 is 0 Å². The molecule has 0 radical (unpaired) electrons. The highest BCUT2D eigenvalue weighted by Crippen LogP contribution is 2.40. The lowest BCUT2D eigenvalue weighted by Gasteiger charge is -2.15. The maximum atomic E-state index is 13.3. The van der Waals surface area contributed by atoms with Crippen LogP contribution in [-0.2, 0) is 18.8 Å². The molecule has 1 aromatic heterocycles. The van der Waals surface area contributed by atoms with Crippen molar-refractivity contribution in [2.45, 2.75) is 37.7 Å². The van der Waals surface area contributed by atoms with Crippen molar-refractivity contribution in [1.82, 2.24) is 10.3 Å². The van der Waals surface area contributed by atoms with Crippen LogP contribution in [0.15, 0.2) is 42.5 Å². The van der Waals surface area contributed by atoms with Crippen LogP contribution in [0.4, 0.5) is 26.3 Å². The Morgan fingerprint density at radius 3 is 2.10 bits per heavy atom. The van der Waals surface area contributed by atoms with Gasteiger partial charge in [0.1, 0.15) is 0 Å². The van der Waals surface area contributed by atoms with Crippen molar-refractivity contribution < 1.29 is 26.3 Å². The highest BCUT2D eigenvalue weighted by molar-refractivity contribution is 5.91. The molecule has 1 saturated carbocycles. The molecule has 1 fully saturated rings. The summed E-state index contributed by atoms with van der Waals surface area (Å²) in [4.78, 5) is 3.03. The highest BCUT2D eigenvalue weighted by atomic mass is 19.4. The maximum Gasteiger partial charge on any atom is 0.416 e. The molecule has 1 aliphatic rings. The van der Waals surface area contributed by atoms with Gasteiger partial charge in [0.15, 0.2) is 0 Å². The summed E-state index contributed by atoms with van der Waals surface area (Å²) >= 11 is 0. The molecule has 0 unspecified atom stereocenters. The number of H-pyrrole nitrogens is 1. The van der Waals surface area contributed by atoms with Gasteiger partial charge in [0.05, 0.1) is 11.1 Å². The summed E-state index contributed by atoms with van der Waals surface area (Å²) in [5.74, 6) is 0. The van der Waals surface area contributed by atoms with Gasteiger partial charge in [-0.3, -0.25) is 0 Å². The predicted molar refractivity (Wildman–Crippen MR) is 98.5 cm³/mol. The average molecular weight is 412 g/mol. The van der Waals surface area contributed by atoms with Gasteiger partial charge in [0, 0.05) is 22.6 Å². The molecule has 0 bridgehead atoms. The molecule has 1 aliphatic carbocycles. The summed E-state index contributed by atoms with van der Waals surface area (Å²) in [5, 5.41) is 4.13. The number of aromatic amines is 1. The van der Waals surface area contributed by atoms with Gasteiger partial charge in [-0.15, -0.1) is 0 Å². The first-order valence-electron chi connectivity index (χ1n) is 9.26. The number of hydrogen-bond donors (Lipinski definition) is 2. The number of halogens is 6. The van der Waals surface area contributed by atoms with E-state index in [1.165, 1.54) is 0 Å². The second-order valence-electron chi connectivity index (χ2n) is 7.30. The Morgan fingerprint density at radius 1 is 0.897 bits per heavy atom. The Labute approximate surface area is 162 Å². The number of nitrogens with one attached hydrogen (secondary N) is 2. The molecule has 2 nitrogen and oxygen atoms in total. The average Bonchev–Trinajstić information content (AvgIpc) is 3.40. The molecule has 4 rings (SSSR count). The van der Waals surface area contributed by atoms with Crippen LogP contribution in [0.1, 0.15) is 29.5 Å². The smallest absolute Gasteiger partial charge is 0.354 e. The first-order chi connectivity index (χ1) is 13.6. The van der Waals surface area contributed by atoms with E-state index in [-0.39, 0.29) is 11.6 Å². The molecule has 8 heteroatoms. The van der Waals surface area contributed by atoms with Crippen molar-refractivity contribution in [1.29, 1.82) is 0 Å². The van der Waals surface area contributed by atoms with Gasteiger partial charge >= 0.3 is 12.4 Å². The van der Waals surface area contributed by atoms with Gasteiger partial charge in [-0.05, 0) is 61.2 Å². The zero-order valence-electron chi connectivity index (χ0n) is 15.2. The number of aromatic nitrogens is 1. The minimum Gasteiger partial charge on any atom is -0.354 e. The zero-order valence-corrected chi connectivity index (χ0v) is 15.2. The minimum absolute atomic E-state index is 0.121. The molecule has 0 aliphatic heterocycles. The summed E-state index contributed by atoms with van der Waals surface area (Å²) in [6.07, 6.45) is -7.09. The normalized spacial score (nSPS) is 15.2. The fraction of sp³-hybridized carbons (Fsp3) is 0.333. The first-order valence-corrected chi connectivity index (χ1v) is 9.26. The molecule has 0 saturated heterocycles. The van der Waals surface area contributed by atoms with Gasteiger partial charge in [-0.25, -0.2) is 0 Å². The van der Waals surface area contributed by atoms with Crippen LogP contribution in [0.5, 0.6) is 0 Å². The van der Waals surface area contributed by atoms with Gasteiger partial charge < -0.3 is 10.3 Å². The van der Waals surface area contributed by atoms with Crippen molar-refractivity contribution >= 4 is 10.9 Å². The lowest BCUT2D eigenvalue weighted by Crippen LogP contribution is -2.19. The molecule has 2 aromatic carbocycles. The van der Waals surface area contributed by atoms with Crippen LogP contribution < -0.4 is 5.32 Å². The van der Waals surface area contributed by atoms with E-state index in [9.17, 15) is 26.3 Å². The van der Waals surface area contributed by atoms with E-state index in [4.69, 9.17) is 0 Å². The van der Waals surface area contributed by atoms with Gasteiger partial charge in [-0.1, -0.05) is 18.2 Å². The van der Waals surface area contributed by atoms with Crippen molar-refractivity contribution in [2.24, 2.45) is 0 Å². The Bertz CT molecular complexity index is 996. The zero-order chi connectivity index (χ0) is 20.8. The lowest BCUT2D eigenvalue weighted by molar-refractivity contribution is -0.143. The lowest BCUT2D eigenvalue weighted by atomic mass is 9.98. The van der Waals surface area contributed by atoms with Crippen molar-refractivity contribution in [3.8, 4) is 11.3 Å². The fourth-order valence-corrected chi connectivity index (χ4v) is 3.49. The predicted octanol–water partition coefficient (Wildman–Crippen LogP) is 6.17. The minimum atomic E-state index is -4.88. The Balaban J connectivity index is 1.84. The van der Waals surface area contributed by atoms with Crippen LogP contribution in [0.3, 0.4) is 0 Å². The van der Waals surface area contributed by atoms with E-state index in [0.717, 1.165) is 30.4 Å². The van der Waals surface area contributed by atoms with Crippen LogP contribution >= 0.6 is 0 Å². The third-order valence-electron chi connectivity index (χ3n) is 5.08. The summed E-state index contributed by atoms with van der Waals surface area (Å²) in [7, 11) is 0. The number of benzene rings is 2. The third kappa shape index (κ3) is 4.27. The fourth-order valence-electron chi connectivity index (χ4n) is 3.49. The van der Waals surface area contributed by atoms with E-state index in [1.54, 1.807) is 18.2 Å². The number of fused-ring (bicyclic) bond motifs is 1. The van der Waals surface area contributed by atoms with Crippen molar-refractivity contribution in [3.63, 3.8) is 0 Å². The van der Waals surface area contributed by atoms with Gasteiger partial charge in [0.25, 0.3) is 0 Å². The molecule has 154 valence electrons. The number of alkyl halides is 6. The van der Waals surface area contributed by atoms with Crippen molar-refractivity contribution in [3.05, 3.63) is 59.2 Å². The largest absolute Gasteiger partial charge is 0.416 e. The SMILES string of the molecule is FC(F)(F)c1cc(-c2[nH]c3ccccc3c2CCNC2CC2)cc(C(F)(F)F)c1. The van der Waals surface area contributed by atoms with Crippen LogP contribution in [-0.4, -0.2) is 17.6 Å². The van der Waals surface area contributed by atoms with E-state index in [2.05, 4.69) is 10.3 Å². The summed E-state index contributed by atoms with van der Waals surface area (Å²) in [5.41, 5.74) is -1.08. The summed E-state index contributed by atoms with van der Waals surface area (Å²) in [6.45, 7) is 0.602. The third-order valence-corrected chi connectivity index (χ3v) is 5.08. The molecule has 0 amide bonds. The van der Waals surface area contributed by atoms with Crippen LogP contribution in [0.25, 0.3) is 22.2 Å². The second kappa shape index (κ2) is 7.09. The monoisotopic (exact) mass is 412 g/mol. The molecule has 29 heavy (non-hydrogen) atoms. The summed E-state index contributed by atoms with van der Waals surface area (Å²) < 4.78 is 79.6. The second-order valence-corrected chi connectivity index (χ2v) is 7.30. The topological polar surface area (TPSA) is 27.8 Å². The number of para-hydroxylation sites is 1. The van der Waals surface area contributed by atoms with Gasteiger partial charge in [0.2, 0.25) is 0 Å². The van der Waals surface area contributed by atoms with Gasteiger partial charge in [-0.2, -0.15) is 26.3 Å². The van der Waals surface area contributed by atoms with E-state index in [1.807, 2.05) is 6.07 Å². The maximum absolute atomic E-state index is 13.3. The summed E-state index contributed by atoms with van der Waals surface area (Å²) in [6, 6.07) is 9.30. The Kier molecular flexibility index (Phi) is 4.85. The Morgan fingerprint density at radius 2 is 1.52 bits per heavy atom. The Hall–Kier alpha value is -2.48. The molecular weight excluding hydrogens is 394 g/mol. The number of rotatable bonds is 5. The quantitative estimate of drug-likeness (QED) is 0.482. The molecule has 1 heterocycles. The molecule has 0 atom stereocenters. The molecule has 3 aromatic rings. The number of hydrogen-bond acceptors (Lipinski definition) is 1. The van der Waals surface area contributed by atoms with E-state index in [0.29, 0.717) is 35.8 Å². The van der Waals surface area contributed by atoms with Crippen LogP contribution in [0, 0.1) is 0 Å². The van der Waals surface area contributed by atoms with Crippen LogP contribution in [0.2, 0.25) is 0 Å². The first kappa shape index (κ1) is 19.8. The van der Waals surface area contributed by atoms with Crippen molar-refractivity contribution in [2.75, 3.05) is 6.54 Å². The highest BCUT2D eigenvalue weighted by Gasteiger charge is 2.37. The van der Waals surface area contributed by atoms with E-state index < -0.39 is 23.5 Å².